The minimum absolute atomic E-state index is 0. The summed E-state index contributed by atoms with van der Waals surface area (Å²) in [6.45, 7) is 5.17. The van der Waals surface area contributed by atoms with Gasteiger partial charge in [-0.1, -0.05) is 48.3 Å². The zero-order chi connectivity index (χ0) is 18.7. The molecule has 2 aromatic rings. The molecule has 7 heteroatoms. The molecule has 0 spiro atoms. The minimum Gasteiger partial charge on any atom is -0.356 e. The number of hydrogen-bond acceptors (Lipinski definition) is 4. The number of hydrogen-bond donors (Lipinski definition) is 2. The average Bonchev–Trinajstić information content (AvgIpc) is 3.04. The summed E-state index contributed by atoms with van der Waals surface area (Å²) in [5, 5.41) is 10.8. The summed E-state index contributed by atoms with van der Waals surface area (Å²) >= 11 is 0. The summed E-state index contributed by atoms with van der Waals surface area (Å²) in [4.78, 5) is 6.88. The van der Waals surface area contributed by atoms with Crippen molar-refractivity contribution in [2.24, 2.45) is 4.99 Å². The molecule has 0 radical (unpaired) electrons. The Labute approximate surface area is 185 Å². The lowest BCUT2D eigenvalue weighted by Gasteiger charge is -2.20. The highest BCUT2D eigenvalue weighted by Crippen LogP contribution is 2.19. The molecule has 0 atom stereocenters. The second-order valence-corrected chi connectivity index (χ2v) is 7.01. The van der Waals surface area contributed by atoms with Gasteiger partial charge in [0.1, 0.15) is 5.69 Å². The van der Waals surface area contributed by atoms with Crippen molar-refractivity contribution in [2.75, 3.05) is 33.2 Å². The molecule has 1 saturated heterocycles. The maximum absolute atomic E-state index is 5.44. The van der Waals surface area contributed by atoms with Crippen LogP contribution in [-0.2, 0) is 6.54 Å². The predicted molar refractivity (Wildman–Crippen MR) is 125 cm³/mol. The van der Waals surface area contributed by atoms with E-state index in [1.165, 1.54) is 38.8 Å². The van der Waals surface area contributed by atoms with Crippen LogP contribution >= 0.6 is 24.0 Å². The van der Waals surface area contributed by atoms with Crippen LogP contribution in [0.4, 0.5) is 0 Å². The summed E-state index contributed by atoms with van der Waals surface area (Å²) in [7, 11) is 1.79. The van der Waals surface area contributed by atoms with Crippen molar-refractivity contribution in [3.05, 3.63) is 42.1 Å². The maximum atomic E-state index is 5.44. The van der Waals surface area contributed by atoms with E-state index in [0.29, 0.717) is 6.54 Å². The molecule has 1 aromatic heterocycles. The minimum atomic E-state index is 0. The van der Waals surface area contributed by atoms with Gasteiger partial charge in [-0.15, -0.1) is 24.0 Å². The molecule has 28 heavy (non-hydrogen) atoms. The third kappa shape index (κ3) is 7.43. The quantitative estimate of drug-likeness (QED) is 0.263. The smallest absolute Gasteiger partial charge is 0.191 e. The SMILES string of the molecule is CN=C(NCCCN1CCCCCC1)NCc1cc(-c2ccccc2)on1.I. The third-order valence-corrected chi connectivity index (χ3v) is 4.92. The fourth-order valence-electron chi connectivity index (χ4n) is 3.40. The Morgan fingerprint density at radius 2 is 1.86 bits per heavy atom. The van der Waals surface area contributed by atoms with Gasteiger partial charge in [0.15, 0.2) is 11.7 Å². The van der Waals surface area contributed by atoms with E-state index in [4.69, 9.17) is 4.52 Å². The molecule has 2 heterocycles. The van der Waals surface area contributed by atoms with Crippen LogP contribution in [0.15, 0.2) is 45.9 Å². The number of halogens is 1. The van der Waals surface area contributed by atoms with Gasteiger partial charge in [0.25, 0.3) is 0 Å². The molecule has 1 aromatic carbocycles. The molecule has 1 fully saturated rings. The molecule has 0 amide bonds. The second-order valence-electron chi connectivity index (χ2n) is 7.01. The first-order valence-electron chi connectivity index (χ1n) is 10.0. The number of likely N-dealkylation sites (tertiary alicyclic amines) is 1. The van der Waals surface area contributed by atoms with Crippen LogP contribution in [0, 0.1) is 0 Å². The van der Waals surface area contributed by atoms with Gasteiger partial charge in [0.05, 0.1) is 6.54 Å². The van der Waals surface area contributed by atoms with Crippen molar-refractivity contribution >= 4 is 29.9 Å². The number of aromatic nitrogens is 1. The van der Waals surface area contributed by atoms with Gasteiger partial charge in [0, 0.05) is 25.2 Å². The van der Waals surface area contributed by atoms with E-state index >= 15 is 0 Å². The zero-order valence-electron chi connectivity index (χ0n) is 16.7. The average molecular weight is 497 g/mol. The molecule has 0 aliphatic carbocycles. The van der Waals surface area contributed by atoms with E-state index in [2.05, 4.69) is 25.7 Å². The monoisotopic (exact) mass is 497 g/mol. The van der Waals surface area contributed by atoms with Crippen molar-refractivity contribution in [1.29, 1.82) is 0 Å². The van der Waals surface area contributed by atoms with E-state index in [9.17, 15) is 0 Å². The van der Waals surface area contributed by atoms with Crippen molar-refractivity contribution < 1.29 is 4.52 Å². The normalized spacial score (nSPS) is 15.5. The summed E-state index contributed by atoms with van der Waals surface area (Å²) in [6.07, 6.45) is 6.60. The summed E-state index contributed by atoms with van der Waals surface area (Å²) < 4.78 is 5.44. The van der Waals surface area contributed by atoms with E-state index in [-0.39, 0.29) is 24.0 Å². The lowest BCUT2D eigenvalue weighted by atomic mass is 10.2. The first-order valence-corrected chi connectivity index (χ1v) is 10.0. The standard InChI is InChI=1S/C21H31N5O.HI/c1-22-21(23-12-9-15-26-13-7-2-3-8-14-26)24-17-19-16-20(27-25-19)18-10-5-4-6-11-18;/h4-6,10-11,16H,2-3,7-9,12-15,17H2,1H3,(H2,22,23,24);1H. The largest absolute Gasteiger partial charge is 0.356 e. The lowest BCUT2D eigenvalue weighted by molar-refractivity contribution is 0.282. The maximum Gasteiger partial charge on any atom is 0.191 e. The molecule has 3 rings (SSSR count). The van der Waals surface area contributed by atoms with Crippen LogP contribution in [0.2, 0.25) is 0 Å². The molecule has 6 nitrogen and oxygen atoms in total. The third-order valence-electron chi connectivity index (χ3n) is 4.92. The van der Waals surface area contributed by atoms with Crippen molar-refractivity contribution in [3.63, 3.8) is 0 Å². The van der Waals surface area contributed by atoms with Crippen molar-refractivity contribution in [2.45, 2.75) is 38.6 Å². The van der Waals surface area contributed by atoms with Gasteiger partial charge < -0.3 is 20.1 Å². The predicted octanol–water partition coefficient (Wildman–Crippen LogP) is 3.89. The van der Waals surface area contributed by atoms with Crippen LogP contribution in [-0.4, -0.2) is 49.2 Å². The lowest BCUT2D eigenvalue weighted by Crippen LogP contribution is -2.38. The fourth-order valence-corrected chi connectivity index (χ4v) is 3.40. The number of benzene rings is 1. The molecule has 1 aliphatic rings. The molecule has 0 unspecified atom stereocenters. The van der Waals surface area contributed by atoms with Crippen molar-refractivity contribution in [3.8, 4) is 11.3 Å². The Bertz CT molecular complexity index is 696. The Hall–Kier alpha value is -1.61. The molecule has 2 N–H and O–H groups in total. The molecular formula is C21H32IN5O. The highest BCUT2D eigenvalue weighted by molar-refractivity contribution is 14.0. The van der Waals surface area contributed by atoms with Gasteiger partial charge in [-0.25, -0.2) is 0 Å². The number of nitrogens with zero attached hydrogens (tertiary/aromatic N) is 3. The van der Waals surface area contributed by atoms with E-state index in [1.54, 1.807) is 7.05 Å². The van der Waals surface area contributed by atoms with E-state index in [1.807, 2.05) is 36.4 Å². The Morgan fingerprint density at radius 3 is 2.57 bits per heavy atom. The highest BCUT2D eigenvalue weighted by atomic mass is 127. The van der Waals surface area contributed by atoms with Gasteiger partial charge >= 0.3 is 0 Å². The second kappa shape index (κ2) is 12.8. The molecular weight excluding hydrogens is 465 g/mol. The van der Waals surface area contributed by atoms with Gasteiger partial charge in [0.2, 0.25) is 0 Å². The van der Waals surface area contributed by atoms with Crippen LogP contribution in [0.5, 0.6) is 0 Å². The highest BCUT2D eigenvalue weighted by Gasteiger charge is 2.09. The van der Waals surface area contributed by atoms with Crippen LogP contribution in [0.25, 0.3) is 11.3 Å². The molecule has 0 bridgehead atoms. The Balaban J connectivity index is 0.00000280. The number of nitrogens with one attached hydrogen (secondary N) is 2. The van der Waals surface area contributed by atoms with Crippen LogP contribution in [0.1, 0.15) is 37.8 Å². The Morgan fingerprint density at radius 1 is 1.11 bits per heavy atom. The first kappa shape index (κ1) is 22.7. The number of guanidine groups is 1. The van der Waals surface area contributed by atoms with E-state index in [0.717, 1.165) is 42.5 Å². The van der Waals surface area contributed by atoms with Gasteiger partial charge in [-0.2, -0.15) is 0 Å². The Kier molecular flexibility index (Phi) is 10.3. The number of aliphatic imine (C=N–C) groups is 1. The van der Waals surface area contributed by atoms with Crippen LogP contribution in [0.3, 0.4) is 0 Å². The first-order chi connectivity index (χ1) is 13.3. The van der Waals surface area contributed by atoms with Gasteiger partial charge in [-0.05, 0) is 38.9 Å². The summed E-state index contributed by atoms with van der Waals surface area (Å²) in [6, 6.07) is 12.0. The summed E-state index contributed by atoms with van der Waals surface area (Å²) in [5.74, 6) is 1.59. The topological polar surface area (TPSA) is 65.7 Å². The molecule has 154 valence electrons. The van der Waals surface area contributed by atoms with E-state index < -0.39 is 0 Å². The fraction of sp³-hybridized carbons (Fsp3) is 0.524. The van der Waals surface area contributed by atoms with Gasteiger partial charge in [-0.3, -0.25) is 4.99 Å². The molecule has 0 saturated carbocycles. The van der Waals surface area contributed by atoms with Crippen LogP contribution < -0.4 is 10.6 Å². The van der Waals surface area contributed by atoms with Crippen molar-refractivity contribution in [1.82, 2.24) is 20.7 Å². The summed E-state index contributed by atoms with van der Waals surface area (Å²) in [5.41, 5.74) is 1.90. The number of rotatable bonds is 7. The molecule has 1 aliphatic heterocycles. The zero-order valence-corrected chi connectivity index (χ0v) is 19.0.